The second-order valence-electron chi connectivity index (χ2n) is 5.33. The van der Waals surface area contributed by atoms with Crippen LogP contribution < -0.4 is 5.32 Å². The number of quaternary nitrogens is 1. The van der Waals surface area contributed by atoms with Gasteiger partial charge >= 0.3 is 6.18 Å². The van der Waals surface area contributed by atoms with Gasteiger partial charge in [0.05, 0.1) is 22.2 Å². The monoisotopic (exact) mass is 362 g/mol. The predicted molar refractivity (Wildman–Crippen MR) is 86.7 cm³/mol. The smallest absolute Gasteiger partial charge is 0.342 e. The average Bonchev–Trinajstić information content (AvgIpc) is 2.50. The van der Waals surface area contributed by atoms with Crippen molar-refractivity contribution in [3.05, 3.63) is 69.2 Å². The van der Waals surface area contributed by atoms with E-state index in [1.807, 2.05) is 12.1 Å². The highest BCUT2D eigenvalue weighted by Crippen LogP contribution is 2.29. The molecule has 2 aromatic carbocycles. The molecule has 0 fully saturated rings. The molecular weight excluding hydrogens is 346 g/mol. The highest BCUT2D eigenvalue weighted by molar-refractivity contribution is 6.42. The fraction of sp³-hybridized carbons (Fsp3) is 0.294. The van der Waals surface area contributed by atoms with Gasteiger partial charge in [0.1, 0.15) is 6.54 Å². The van der Waals surface area contributed by atoms with Crippen LogP contribution in [0.4, 0.5) is 13.2 Å². The fourth-order valence-corrected chi connectivity index (χ4v) is 2.56. The van der Waals surface area contributed by atoms with Crippen molar-refractivity contribution in [3.63, 3.8) is 0 Å². The van der Waals surface area contributed by atoms with Crippen molar-refractivity contribution >= 4 is 23.2 Å². The first-order valence-electron chi connectivity index (χ1n) is 7.28. The van der Waals surface area contributed by atoms with Crippen LogP contribution in [0.2, 0.25) is 10.0 Å². The van der Waals surface area contributed by atoms with Crippen LogP contribution in [0.25, 0.3) is 0 Å². The van der Waals surface area contributed by atoms with Gasteiger partial charge in [0, 0.05) is 12.0 Å². The molecule has 6 heteroatoms. The van der Waals surface area contributed by atoms with Gasteiger partial charge in [0.2, 0.25) is 0 Å². The number of hydrogen-bond donors (Lipinski definition) is 1. The molecule has 0 amide bonds. The zero-order chi connectivity index (χ0) is 16.9. The summed E-state index contributed by atoms with van der Waals surface area (Å²) in [6.07, 6.45) is -2.43. The van der Waals surface area contributed by atoms with Gasteiger partial charge < -0.3 is 5.32 Å². The number of benzene rings is 2. The largest absolute Gasteiger partial charge is 0.416 e. The zero-order valence-corrected chi connectivity index (χ0v) is 13.8. The lowest BCUT2D eigenvalue weighted by molar-refractivity contribution is -0.670. The molecule has 2 rings (SSSR count). The number of halogens is 5. The first-order valence-corrected chi connectivity index (χ1v) is 8.03. The lowest BCUT2D eigenvalue weighted by atomic mass is 10.1. The Labute approximate surface area is 143 Å². The van der Waals surface area contributed by atoms with E-state index >= 15 is 0 Å². The minimum absolute atomic E-state index is 0.546. The summed E-state index contributed by atoms with van der Waals surface area (Å²) in [5.41, 5.74) is 1.40. The van der Waals surface area contributed by atoms with Crippen molar-refractivity contribution in [2.24, 2.45) is 0 Å². The number of rotatable bonds is 6. The van der Waals surface area contributed by atoms with E-state index < -0.39 is 11.7 Å². The van der Waals surface area contributed by atoms with Crippen molar-refractivity contribution in [2.75, 3.05) is 6.54 Å². The summed E-state index contributed by atoms with van der Waals surface area (Å²) in [6.45, 7) is 1.56. The molecular formula is C17H17Cl2F3N+. The molecule has 0 radical (unpaired) electrons. The highest BCUT2D eigenvalue weighted by Gasteiger charge is 2.29. The highest BCUT2D eigenvalue weighted by atomic mass is 35.5. The lowest BCUT2D eigenvalue weighted by Gasteiger charge is -2.07. The molecule has 2 N–H and O–H groups in total. The SMILES string of the molecule is FC(F)(F)c1ccc(C[NH2+]CCCc2ccc(Cl)c(Cl)c2)cc1. The van der Waals surface area contributed by atoms with Crippen LogP contribution in [-0.2, 0) is 19.1 Å². The standard InChI is InChI=1S/C17H16Cl2F3N/c18-15-8-5-12(10-16(15)19)2-1-9-23-11-13-3-6-14(7-4-13)17(20,21)22/h3-8,10,23H,1-2,9,11H2/p+1. The van der Waals surface area contributed by atoms with E-state index in [1.54, 1.807) is 6.07 Å². The quantitative estimate of drug-likeness (QED) is 0.716. The summed E-state index contributed by atoms with van der Waals surface area (Å²) in [5, 5.41) is 3.18. The molecule has 0 saturated carbocycles. The summed E-state index contributed by atoms with van der Waals surface area (Å²) in [4.78, 5) is 0. The number of alkyl halides is 3. The molecule has 0 spiro atoms. The van der Waals surface area contributed by atoms with Crippen molar-refractivity contribution in [3.8, 4) is 0 Å². The maximum absolute atomic E-state index is 12.5. The molecule has 0 aliphatic rings. The van der Waals surface area contributed by atoms with E-state index in [2.05, 4.69) is 5.32 Å². The maximum atomic E-state index is 12.5. The number of hydrogen-bond acceptors (Lipinski definition) is 0. The van der Waals surface area contributed by atoms with E-state index in [9.17, 15) is 13.2 Å². The third-order valence-electron chi connectivity index (χ3n) is 3.52. The van der Waals surface area contributed by atoms with Crippen molar-refractivity contribution in [2.45, 2.75) is 25.6 Å². The van der Waals surface area contributed by atoms with Crippen LogP contribution in [0.15, 0.2) is 42.5 Å². The van der Waals surface area contributed by atoms with Gasteiger partial charge in [-0.1, -0.05) is 41.4 Å². The Hall–Kier alpha value is -1.23. The van der Waals surface area contributed by atoms with Crippen molar-refractivity contribution in [1.29, 1.82) is 0 Å². The third-order valence-corrected chi connectivity index (χ3v) is 4.26. The fourth-order valence-electron chi connectivity index (χ4n) is 2.24. The Morgan fingerprint density at radius 3 is 2.13 bits per heavy atom. The van der Waals surface area contributed by atoms with Gasteiger partial charge in [-0.05, 0) is 36.2 Å². The summed E-state index contributed by atoms with van der Waals surface area (Å²) < 4.78 is 37.4. The second kappa shape index (κ2) is 8.04. The normalized spacial score (nSPS) is 11.7. The van der Waals surface area contributed by atoms with Gasteiger partial charge in [-0.15, -0.1) is 0 Å². The molecule has 0 aliphatic heterocycles. The Balaban J connectivity index is 1.72. The van der Waals surface area contributed by atoms with Crippen LogP contribution in [0, 0.1) is 0 Å². The molecule has 0 heterocycles. The first kappa shape index (κ1) is 18.1. The Morgan fingerprint density at radius 2 is 1.52 bits per heavy atom. The molecule has 0 unspecified atom stereocenters. The molecule has 0 aromatic heterocycles. The van der Waals surface area contributed by atoms with Gasteiger partial charge in [-0.25, -0.2) is 0 Å². The van der Waals surface area contributed by atoms with Crippen LogP contribution >= 0.6 is 23.2 Å². The minimum atomic E-state index is -4.28. The van der Waals surface area contributed by atoms with E-state index in [-0.39, 0.29) is 0 Å². The summed E-state index contributed by atoms with van der Waals surface area (Å²) in [5.74, 6) is 0. The second-order valence-corrected chi connectivity index (χ2v) is 6.14. The van der Waals surface area contributed by atoms with Crippen LogP contribution in [-0.4, -0.2) is 6.54 Å². The van der Waals surface area contributed by atoms with E-state index in [0.29, 0.717) is 16.6 Å². The third kappa shape index (κ3) is 5.72. The number of aryl methyl sites for hydroxylation is 1. The van der Waals surface area contributed by atoms with Gasteiger partial charge in [-0.3, -0.25) is 0 Å². The number of nitrogens with two attached hydrogens (primary N) is 1. The first-order chi connectivity index (χ1) is 10.9. The topological polar surface area (TPSA) is 16.6 Å². The Bertz CT molecular complexity index is 639. The molecule has 0 aliphatic carbocycles. The van der Waals surface area contributed by atoms with Gasteiger partial charge in [-0.2, -0.15) is 13.2 Å². The average molecular weight is 363 g/mol. The Morgan fingerprint density at radius 1 is 0.870 bits per heavy atom. The van der Waals surface area contributed by atoms with E-state index in [1.165, 1.54) is 12.1 Å². The molecule has 124 valence electrons. The molecule has 0 bridgehead atoms. The van der Waals surface area contributed by atoms with E-state index in [4.69, 9.17) is 23.2 Å². The van der Waals surface area contributed by atoms with E-state index in [0.717, 1.165) is 42.6 Å². The molecule has 0 atom stereocenters. The zero-order valence-electron chi connectivity index (χ0n) is 12.3. The van der Waals surface area contributed by atoms with Gasteiger partial charge in [0.25, 0.3) is 0 Å². The summed E-state index contributed by atoms with van der Waals surface area (Å²) in [7, 11) is 0. The van der Waals surface area contributed by atoms with Crippen LogP contribution in [0.5, 0.6) is 0 Å². The summed E-state index contributed by atoms with van der Waals surface area (Å²) in [6, 6.07) is 10.9. The molecule has 2 aromatic rings. The summed E-state index contributed by atoms with van der Waals surface area (Å²) >= 11 is 11.8. The minimum Gasteiger partial charge on any atom is -0.342 e. The predicted octanol–water partition coefficient (Wildman–Crippen LogP) is 4.71. The van der Waals surface area contributed by atoms with Crippen molar-refractivity contribution in [1.82, 2.24) is 0 Å². The molecule has 23 heavy (non-hydrogen) atoms. The molecule has 1 nitrogen and oxygen atoms in total. The van der Waals surface area contributed by atoms with Gasteiger partial charge in [0.15, 0.2) is 0 Å². The molecule has 0 saturated heterocycles. The Kier molecular flexibility index (Phi) is 6.33. The van der Waals surface area contributed by atoms with Crippen LogP contribution in [0.3, 0.4) is 0 Å². The maximum Gasteiger partial charge on any atom is 0.416 e. The lowest BCUT2D eigenvalue weighted by Crippen LogP contribution is -2.82. The van der Waals surface area contributed by atoms with Crippen molar-refractivity contribution < 1.29 is 18.5 Å². The van der Waals surface area contributed by atoms with Crippen LogP contribution in [0.1, 0.15) is 23.1 Å².